The Kier molecular flexibility index (Phi) is 4.11. The van der Waals surface area contributed by atoms with Gasteiger partial charge in [0.2, 0.25) is 0 Å². The molecule has 3 rings (SSSR count). The second kappa shape index (κ2) is 6.02. The van der Waals surface area contributed by atoms with Gasteiger partial charge in [0.15, 0.2) is 0 Å². The lowest BCUT2D eigenvalue weighted by atomic mass is 9.78. The Hall–Kier alpha value is -1.61. The van der Waals surface area contributed by atoms with E-state index >= 15 is 0 Å². The normalized spacial score (nSPS) is 21.7. The number of likely N-dealkylation sites (tertiary alicyclic amines) is 1. The highest BCUT2D eigenvalue weighted by atomic mass is 15.2. The number of aryl methyl sites for hydroxylation is 1. The number of hydrogen-bond acceptors (Lipinski definition) is 2. The van der Waals surface area contributed by atoms with Gasteiger partial charge in [-0.3, -0.25) is 0 Å². The van der Waals surface area contributed by atoms with E-state index in [1.54, 1.807) is 0 Å². The van der Waals surface area contributed by atoms with Crippen LogP contribution in [0.4, 0.5) is 0 Å². The second-order valence-electron chi connectivity index (χ2n) is 6.84. The zero-order chi connectivity index (χ0) is 14.7. The lowest BCUT2D eigenvalue weighted by Crippen LogP contribution is -2.25. The molecule has 0 aliphatic carbocycles. The van der Waals surface area contributed by atoms with Crippen molar-refractivity contribution in [2.45, 2.75) is 32.7 Å². The molecule has 112 valence electrons. The quantitative estimate of drug-likeness (QED) is 0.838. The van der Waals surface area contributed by atoms with Crippen LogP contribution >= 0.6 is 0 Å². The first-order valence-corrected chi connectivity index (χ1v) is 7.88. The summed E-state index contributed by atoms with van der Waals surface area (Å²) >= 11 is 0. The maximum atomic E-state index is 4.10. The maximum absolute atomic E-state index is 4.10. The fourth-order valence-corrected chi connectivity index (χ4v) is 3.56. The zero-order valence-corrected chi connectivity index (χ0v) is 13.1. The lowest BCUT2D eigenvalue weighted by Gasteiger charge is -2.26. The van der Waals surface area contributed by atoms with Crippen molar-refractivity contribution in [2.24, 2.45) is 5.41 Å². The van der Waals surface area contributed by atoms with Gasteiger partial charge in [0.1, 0.15) is 0 Å². The molecular weight excluding hydrogens is 258 g/mol. The van der Waals surface area contributed by atoms with E-state index in [2.05, 4.69) is 58.6 Å². The first-order valence-electron chi connectivity index (χ1n) is 7.88. The SMILES string of the molecule is CC1(C)CN(CCCn2ccnc2)C[C@@H]1c1ccccc1. The van der Waals surface area contributed by atoms with Crippen LogP contribution in [-0.2, 0) is 6.54 Å². The van der Waals surface area contributed by atoms with E-state index in [1.807, 2.05) is 18.7 Å². The van der Waals surface area contributed by atoms with E-state index in [-0.39, 0.29) is 0 Å². The number of benzene rings is 1. The molecule has 0 spiro atoms. The molecular formula is C18H25N3. The summed E-state index contributed by atoms with van der Waals surface area (Å²) in [4.78, 5) is 6.72. The molecule has 1 aliphatic rings. The van der Waals surface area contributed by atoms with Gasteiger partial charge in [-0.1, -0.05) is 44.2 Å². The van der Waals surface area contributed by atoms with Crippen molar-refractivity contribution in [3.05, 3.63) is 54.6 Å². The Morgan fingerprint density at radius 2 is 2.00 bits per heavy atom. The minimum absolute atomic E-state index is 0.357. The van der Waals surface area contributed by atoms with Crippen LogP contribution in [0.15, 0.2) is 49.1 Å². The summed E-state index contributed by atoms with van der Waals surface area (Å²) in [6.07, 6.45) is 6.99. The standard InChI is InChI=1S/C18H25N3/c1-18(2)14-21(11-6-10-20-12-9-19-15-20)13-17(18)16-7-4-3-5-8-16/h3-5,7-9,12,15,17H,6,10-11,13-14H2,1-2H3/t17-/m1/s1. The average molecular weight is 283 g/mol. The minimum atomic E-state index is 0.357. The molecule has 2 heterocycles. The molecule has 0 saturated carbocycles. The van der Waals surface area contributed by atoms with Crippen LogP contribution in [0, 0.1) is 5.41 Å². The number of imidazole rings is 1. The molecule has 0 unspecified atom stereocenters. The predicted octanol–water partition coefficient (Wildman–Crippen LogP) is 3.40. The average Bonchev–Trinajstić information content (AvgIpc) is 3.07. The largest absolute Gasteiger partial charge is 0.337 e. The molecule has 0 N–H and O–H groups in total. The van der Waals surface area contributed by atoms with Crippen molar-refractivity contribution in [3.63, 3.8) is 0 Å². The van der Waals surface area contributed by atoms with Gasteiger partial charge >= 0.3 is 0 Å². The van der Waals surface area contributed by atoms with Crippen molar-refractivity contribution in [3.8, 4) is 0 Å². The van der Waals surface area contributed by atoms with Crippen molar-refractivity contribution in [2.75, 3.05) is 19.6 Å². The third kappa shape index (κ3) is 3.35. The molecule has 0 amide bonds. The van der Waals surface area contributed by atoms with Gasteiger partial charge in [-0.2, -0.15) is 0 Å². The van der Waals surface area contributed by atoms with Crippen molar-refractivity contribution < 1.29 is 0 Å². The highest BCUT2D eigenvalue weighted by Gasteiger charge is 2.39. The summed E-state index contributed by atoms with van der Waals surface area (Å²) < 4.78 is 2.16. The van der Waals surface area contributed by atoms with E-state index in [0.29, 0.717) is 11.3 Å². The number of aromatic nitrogens is 2. The fraction of sp³-hybridized carbons (Fsp3) is 0.500. The second-order valence-corrected chi connectivity index (χ2v) is 6.84. The van der Waals surface area contributed by atoms with Crippen LogP contribution in [0.1, 0.15) is 31.7 Å². The summed E-state index contributed by atoms with van der Waals surface area (Å²) in [7, 11) is 0. The smallest absolute Gasteiger partial charge is 0.0945 e. The zero-order valence-electron chi connectivity index (χ0n) is 13.1. The Morgan fingerprint density at radius 3 is 2.71 bits per heavy atom. The van der Waals surface area contributed by atoms with E-state index in [4.69, 9.17) is 0 Å². The maximum Gasteiger partial charge on any atom is 0.0945 e. The summed E-state index contributed by atoms with van der Waals surface area (Å²) in [6.45, 7) is 9.41. The van der Waals surface area contributed by atoms with Gasteiger partial charge in [-0.15, -0.1) is 0 Å². The molecule has 2 aromatic rings. The fourth-order valence-electron chi connectivity index (χ4n) is 3.56. The van der Waals surface area contributed by atoms with Gasteiger partial charge in [0, 0.05) is 37.9 Å². The highest BCUT2D eigenvalue weighted by molar-refractivity contribution is 5.24. The van der Waals surface area contributed by atoms with Gasteiger partial charge in [0.05, 0.1) is 6.33 Å². The molecule has 3 heteroatoms. The molecule has 0 bridgehead atoms. The van der Waals surface area contributed by atoms with Crippen molar-refractivity contribution in [1.29, 1.82) is 0 Å². The third-order valence-electron chi connectivity index (χ3n) is 4.67. The monoisotopic (exact) mass is 283 g/mol. The first-order chi connectivity index (χ1) is 10.1. The lowest BCUT2D eigenvalue weighted by molar-refractivity contribution is 0.280. The van der Waals surface area contributed by atoms with Crippen LogP contribution in [-0.4, -0.2) is 34.1 Å². The van der Waals surface area contributed by atoms with Crippen molar-refractivity contribution in [1.82, 2.24) is 14.5 Å². The van der Waals surface area contributed by atoms with Crippen LogP contribution in [0.2, 0.25) is 0 Å². The van der Waals surface area contributed by atoms with E-state index in [1.165, 1.54) is 31.6 Å². The van der Waals surface area contributed by atoms with E-state index < -0.39 is 0 Å². The summed E-state index contributed by atoms with van der Waals surface area (Å²) in [5.41, 5.74) is 1.84. The topological polar surface area (TPSA) is 21.1 Å². The molecule has 21 heavy (non-hydrogen) atoms. The van der Waals surface area contributed by atoms with Crippen LogP contribution in [0.25, 0.3) is 0 Å². The van der Waals surface area contributed by atoms with Gasteiger partial charge in [0.25, 0.3) is 0 Å². The number of hydrogen-bond donors (Lipinski definition) is 0. The molecule has 1 aromatic carbocycles. The highest BCUT2D eigenvalue weighted by Crippen LogP contribution is 2.42. The first kappa shape index (κ1) is 14.3. The molecule has 1 aliphatic heterocycles. The molecule has 1 fully saturated rings. The third-order valence-corrected chi connectivity index (χ3v) is 4.67. The Labute approximate surface area is 127 Å². The molecule has 1 saturated heterocycles. The number of nitrogens with zero attached hydrogens (tertiary/aromatic N) is 3. The van der Waals surface area contributed by atoms with Crippen molar-refractivity contribution >= 4 is 0 Å². The van der Waals surface area contributed by atoms with E-state index in [0.717, 1.165) is 6.54 Å². The Morgan fingerprint density at radius 1 is 1.19 bits per heavy atom. The molecule has 3 nitrogen and oxygen atoms in total. The predicted molar refractivity (Wildman–Crippen MR) is 86.2 cm³/mol. The molecule has 0 radical (unpaired) electrons. The summed E-state index contributed by atoms with van der Waals surface area (Å²) in [5, 5.41) is 0. The van der Waals surface area contributed by atoms with Crippen LogP contribution in [0.3, 0.4) is 0 Å². The minimum Gasteiger partial charge on any atom is -0.337 e. The molecule has 1 aromatic heterocycles. The van der Waals surface area contributed by atoms with Gasteiger partial charge in [-0.25, -0.2) is 4.98 Å². The number of rotatable bonds is 5. The Bertz CT molecular complexity index is 545. The molecule has 1 atom stereocenters. The van der Waals surface area contributed by atoms with Crippen LogP contribution in [0.5, 0.6) is 0 Å². The summed E-state index contributed by atoms with van der Waals surface area (Å²) in [5.74, 6) is 0.645. The van der Waals surface area contributed by atoms with Gasteiger partial charge in [-0.05, 0) is 23.9 Å². The van der Waals surface area contributed by atoms with Gasteiger partial charge < -0.3 is 9.47 Å². The van der Waals surface area contributed by atoms with Crippen LogP contribution < -0.4 is 0 Å². The Balaban J connectivity index is 1.57. The van der Waals surface area contributed by atoms with E-state index in [9.17, 15) is 0 Å². The summed E-state index contributed by atoms with van der Waals surface area (Å²) in [6, 6.07) is 11.0.